The van der Waals surface area contributed by atoms with Gasteiger partial charge in [0.1, 0.15) is 0 Å². The molecule has 37 heavy (non-hydrogen) atoms. The predicted molar refractivity (Wildman–Crippen MR) is 142 cm³/mol. The molecule has 0 radical (unpaired) electrons. The highest BCUT2D eigenvalue weighted by molar-refractivity contribution is 7.99. The lowest BCUT2D eigenvalue weighted by Crippen LogP contribution is -2.28. The van der Waals surface area contributed by atoms with E-state index in [4.69, 9.17) is 0 Å². The summed E-state index contributed by atoms with van der Waals surface area (Å²) >= 11 is 1.50. The van der Waals surface area contributed by atoms with E-state index in [2.05, 4.69) is 5.32 Å². The molecule has 0 fully saturated rings. The van der Waals surface area contributed by atoms with Crippen LogP contribution < -0.4 is 10.2 Å². The van der Waals surface area contributed by atoms with Gasteiger partial charge in [-0.15, -0.1) is 0 Å². The Labute approximate surface area is 216 Å². The number of nitrogens with zero attached hydrogens (tertiary/aromatic N) is 3. The lowest BCUT2D eigenvalue weighted by Gasteiger charge is -2.31. The van der Waals surface area contributed by atoms with Crippen molar-refractivity contribution < 1.29 is 14.6 Å². The summed E-state index contributed by atoms with van der Waals surface area (Å²) in [5.41, 5.74) is 1.85. The fourth-order valence-corrected chi connectivity index (χ4v) is 5.35. The molecule has 1 aliphatic heterocycles. The van der Waals surface area contributed by atoms with Crippen LogP contribution in [0.15, 0.2) is 88.7 Å². The number of benzene rings is 4. The number of para-hydroxylation sites is 2. The van der Waals surface area contributed by atoms with Gasteiger partial charge in [0, 0.05) is 27.6 Å². The Morgan fingerprint density at radius 1 is 0.811 bits per heavy atom. The van der Waals surface area contributed by atoms with Crippen molar-refractivity contribution in [3.63, 3.8) is 0 Å². The van der Waals surface area contributed by atoms with E-state index in [-0.39, 0.29) is 11.3 Å². The molecule has 0 aliphatic carbocycles. The molecule has 10 heteroatoms. The van der Waals surface area contributed by atoms with Crippen molar-refractivity contribution in [1.29, 1.82) is 0 Å². The van der Waals surface area contributed by atoms with Gasteiger partial charge in [-0.3, -0.25) is 29.9 Å². The molecule has 0 bridgehead atoms. The fourth-order valence-electron chi connectivity index (χ4n) is 4.29. The molecule has 184 valence electrons. The normalized spacial score (nSPS) is 11.9. The molecule has 1 heterocycles. The molecule has 0 atom stereocenters. The van der Waals surface area contributed by atoms with Gasteiger partial charge in [-0.05, 0) is 49.7 Å². The Kier molecular flexibility index (Phi) is 6.10. The second kappa shape index (κ2) is 9.40. The van der Waals surface area contributed by atoms with Crippen LogP contribution in [0.2, 0.25) is 0 Å². The van der Waals surface area contributed by atoms with E-state index < -0.39 is 27.1 Å². The van der Waals surface area contributed by atoms with Crippen LogP contribution in [0.25, 0.3) is 0 Å². The van der Waals surface area contributed by atoms with Crippen molar-refractivity contribution in [2.24, 2.45) is 0 Å². The third-order valence-electron chi connectivity index (χ3n) is 6.01. The highest BCUT2D eigenvalue weighted by Crippen LogP contribution is 2.49. The molecule has 1 N–H and O–H groups in total. The summed E-state index contributed by atoms with van der Waals surface area (Å²) in [6, 6.07) is 22.1. The van der Waals surface area contributed by atoms with Crippen LogP contribution in [-0.2, 0) is 0 Å². The average Bonchev–Trinajstić information content (AvgIpc) is 2.88. The molecule has 0 unspecified atom stereocenters. The molecule has 0 saturated carbocycles. The average molecular weight is 513 g/mol. The van der Waals surface area contributed by atoms with Gasteiger partial charge < -0.3 is 5.32 Å². The lowest BCUT2D eigenvalue weighted by atomic mass is 10.1. The zero-order valence-corrected chi connectivity index (χ0v) is 20.6. The number of anilines is 4. The van der Waals surface area contributed by atoms with Gasteiger partial charge in [0.2, 0.25) is 0 Å². The van der Waals surface area contributed by atoms with E-state index in [9.17, 15) is 25.0 Å². The van der Waals surface area contributed by atoms with E-state index in [1.54, 1.807) is 43.3 Å². The number of nitrogens with one attached hydrogen (secondary N) is 1. The number of rotatable bonds is 5. The van der Waals surface area contributed by atoms with Crippen LogP contribution in [0.1, 0.15) is 21.5 Å². The number of carbonyl (C=O) groups excluding carboxylic acids is 1. The summed E-state index contributed by atoms with van der Waals surface area (Å²) in [7, 11) is 0. The van der Waals surface area contributed by atoms with Crippen LogP contribution >= 0.6 is 11.8 Å². The van der Waals surface area contributed by atoms with Gasteiger partial charge in [-0.25, -0.2) is 0 Å². The van der Waals surface area contributed by atoms with E-state index in [0.717, 1.165) is 33.1 Å². The third-order valence-corrected chi connectivity index (χ3v) is 7.14. The van der Waals surface area contributed by atoms with Crippen LogP contribution in [0.4, 0.5) is 34.1 Å². The maximum atomic E-state index is 13.9. The van der Waals surface area contributed by atoms with Gasteiger partial charge in [0.25, 0.3) is 5.91 Å². The van der Waals surface area contributed by atoms with Gasteiger partial charge in [-0.2, -0.15) is 0 Å². The summed E-state index contributed by atoms with van der Waals surface area (Å²) < 4.78 is 0. The highest BCUT2D eigenvalue weighted by Gasteiger charge is 2.34. The quantitative estimate of drug-likeness (QED) is 0.220. The standard InChI is InChI=1S/C27H20N4O5S/c1-16-11-12-19(17(2)13-16)28-26-22(30(33)34)14-18(15-23(26)31(35)36)27(32)29-20-7-3-5-9-24(20)37-25-10-6-4-8-21(25)29/h3-15,28H,1-2H3. The van der Waals surface area contributed by atoms with E-state index in [1.807, 2.05) is 37.3 Å². The topological polar surface area (TPSA) is 119 Å². The van der Waals surface area contributed by atoms with Crippen molar-refractivity contribution in [2.75, 3.05) is 10.2 Å². The zero-order chi connectivity index (χ0) is 26.3. The summed E-state index contributed by atoms with van der Waals surface area (Å²) in [6.07, 6.45) is 0. The molecule has 9 nitrogen and oxygen atoms in total. The second-order valence-corrected chi connectivity index (χ2v) is 9.61. The number of amides is 1. The van der Waals surface area contributed by atoms with E-state index in [1.165, 1.54) is 16.7 Å². The first kappa shape index (κ1) is 24.0. The molecule has 0 spiro atoms. The molecular weight excluding hydrogens is 492 g/mol. The van der Waals surface area contributed by atoms with E-state index >= 15 is 0 Å². The minimum atomic E-state index is -0.719. The van der Waals surface area contributed by atoms with Crippen molar-refractivity contribution in [2.45, 2.75) is 23.6 Å². The number of aryl methyl sites for hydroxylation is 2. The van der Waals surface area contributed by atoms with Crippen LogP contribution in [-0.4, -0.2) is 15.8 Å². The molecule has 1 aliphatic rings. The predicted octanol–water partition coefficient (Wildman–Crippen LogP) is 7.31. The van der Waals surface area contributed by atoms with Crippen LogP contribution in [0.5, 0.6) is 0 Å². The SMILES string of the molecule is Cc1ccc(Nc2c([N+](=O)[O-])cc(C(=O)N3c4ccccc4Sc4ccccc43)cc2[N+](=O)[O-])c(C)c1. The summed E-state index contributed by atoms with van der Waals surface area (Å²) in [6.45, 7) is 3.70. The minimum Gasteiger partial charge on any atom is -0.344 e. The molecule has 4 aromatic rings. The number of carbonyl (C=O) groups is 1. The monoisotopic (exact) mass is 512 g/mol. The minimum absolute atomic E-state index is 0.166. The van der Waals surface area contributed by atoms with Gasteiger partial charge in [0.15, 0.2) is 5.69 Å². The van der Waals surface area contributed by atoms with Gasteiger partial charge in [0.05, 0.1) is 26.8 Å². The van der Waals surface area contributed by atoms with Crippen molar-refractivity contribution in [3.8, 4) is 0 Å². The number of fused-ring (bicyclic) bond motifs is 2. The molecule has 4 aromatic carbocycles. The molecule has 1 amide bonds. The molecule has 0 saturated heterocycles. The Balaban J connectivity index is 1.66. The first-order chi connectivity index (χ1) is 17.7. The number of nitro benzene ring substituents is 2. The first-order valence-electron chi connectivity index (χ1n) is 11.3. The summed E-state index contributed by atoms with van der Waals surface area (Å²) in [5, 5.41) is 27.0. The maximum absolute atomic E-state index is 13.9. The van der Waals surface area contributed by atoms with Gasteiger partial charge in [-0.1, -0.05) is 53.7 Å². The Morgan fingerprint density at radius 2 is 1.35 bits per heavy atom. The second-order valence-electron chi connectivity index (χ2n) is 8.53. The molecular formula is C27H20N4O5S. The highest BCUT2D eigenvalue weighted by atomic mass is 32.2. The summed E-state index contributed by atoms with van der Waals surface area (Å²) in [5.74, 6) is -0.607. The largest absolute Gasteiger partial charge is 0.344 e. The number of nitro groups is 2. The van der Waals surface area contributed by atoms with Crippen LogP contribution in [0, 0.1) is 34.1 Å². The third kappa shape index (κ3) is 4.38. The Hall–Kier alpha value is -4.70. The smallest absolute Gasteiger partial charge is 0.300 e. The van der Waals surface area contributed by atoms with Crippen molar-refractivity contribution in [3.05, 3.63) is 116 Å². The lowest BCUT2D eigenvalue weighted by molar-refractivity contribution is -0.392. The number of hydrogen-bond acceptors (Lipinski definition) is 7. The van der Waals surface area contributed by atoms with Gasteiger partial charge >= 0.3 is 11.4 Å². The first-order valence-corrected chi connectivity index (χ1v) is 12.1. The maximum Gasteiger partial charge on any atom is 0.300 e. The summed E-state index contributed by atoms with van der Waals surface area (Å²) in [4.78, 5) is 39.7. The molecule has 0 aromatic heterocycles. The van der Waals surface area contributed by atoms with E-state index in [0.29, 0.717) is 17.1 Å². The van der Waals surface area contributed by atoms with Crippen molar-refractivity contribution in [1.82, 2.24) is 0 Å². The van der Waals surface area contributed by atoms with Crippen LogP contribution in [0.3, 0.4) is 0 Å². The van der Waals surface area contributed by atoms with Crippen molar-refractivity contribution >= 4 is 51.8 Å². The Bertz CT molecular complexity index is 1520. The number of hydrogen-bond donors (Lipinski definition) is 1. The molecule has 5 rings (SSSR count). The Morgan fingerprint density at radius 3 is 1.86 bits per heavy atom. The fraction of sp³-hybridized carbons (Fsp3) is 0.0741. The zero-order valence-electron chi connectivity index (χ0n) is 19.8.